The molecule has 0 spiro atoms. The van der Waals surface area contributed by atoms with E-state index in [2.05, 4.69) is 23.5 Å². The smallest absolute Gasteiger partial charge is 0.240 e. The van der Waals surface area contributed by atoms with Gasteiger partial charge in [-0.1, -0.05) is 30.3 Å². The number of ether oxygens (including phenoxy) is 1. The van der Waals surface area contributed by atoms with Gasteiger partial charge in [0.1, 0.15) is 5.41 Å². The van der Waals surface area contributed by atoms with Gasteiger partial charge in [-0.2, -0.15) is 5.26 Å². The van der Waals surface area contributed by atoms with Gasteiger partial charge in [0, 0.05) is 19.8 Å². The summed E-state index contributed by atoms with van der Waals surface area (Å²) in [5, 5.41) is 12.2. The number of nitrogens with one attached hydrogen (secondary N) is 1. The lowest BCUT2D eigenvalue weighted by Crippen LogP contribution is -2.44. The van der Waals surface area contributed by atoms with Crippen molar-refractivity contribution in [2.24, 2.45) is 5.41 Å². The first-order valence-corrected chi connectivity index (χ1v) is 7.08. The highest BCUT2D eigenvalue weighted by atomic mass is 16.5. The van der Waals surface area contributed by atoms with Crippen molar-refractivity contribution in [1.82, 2.24) is 5.32 Å². The maximum atomic E-state index is 12.2. The van der Waals surface area contributed by atoms with E-state index in [1.165, 1.54) is 5.56 Å². The standard InChI is InChI=1S/C16H20N2O2/c17-13-16(8-11-20-12-9-16)15(19)18-10-4-7-14-5-2-1-3-6-14/h1-3,5-6H,4,7-12H2,(H,18,19). The van der Waals surface area contributed by atoms with Crippen LogP contribution in [0, 0.1) is 16.7 Å². The number of hydrogen-bond donors (Lipinski definition) is 1. The second-order valence-corrected chi connectivity index (χ2v) is 5.15. The average Bonchev–Trinajstić information content (AvgIpc) is 2.53. The van der Waals surface area contributed by atoms with Crippen LogP contribution in [0.2, 0.25) is 0 Å². The normalized spacial score (nSPS) is 17.1. The Labute approximate surface area is 119 Å². The number of nitriles is 1. The molecule has 0 bridgehead atoms. The Bertz CT molecular complexity index is 473. The van der Waals surface area contributed by atoms with Gasteiger partial charge < -0.3 is 10.1 Å². The van der Waals surface area contributed by atoms with Crippen LogP contribution in [0.5, 0.6) is 0 Å². The van der Waals surface area contributed by atoms with Gasteiger partial charge in [-0.05, 0) is 31.2 Å². The molecule has 1 aliphatic rings. The van der Waals surface area contributed by atoms with Crippen LogP contribution in [-0.2, 0) is 16.0 Å². The lowest BCUT2D eigenvalue weighted by Gasteiger charge is -2.29. The molecule has 1 aliphatic heterocycles. The summed E-state index contributed by atoms with van der Waals surface area (Å²) in [5.41, 5.74) is 0.383. The number of aryl methyl sites for hydroxylation is 1. The van der Waals surface area contributed by atoms with E-state index in [-0.39, 0.29) is 5.91 Å². The molecule has 0 atom stereocenters. The maximum absolute atomic E-state index is 12.2. The third kappa shape index (κ3) is 3.58. The first kappa shape index (κ1) is 14.5. The SMILES string of the molecule is N#CC1(C(=O)NCCCc2ccccc2)CCOCC1. The summed E-state index contributed by atoms with van der Waals surface area (Å²) < 4.78 is 5.23. The molecule has 0 unspecified atom stereocenters. The molecular weight excluding hydrogens is 252 g/mol. The van der Waals surface area contributed by atoms with Crippen LogP contribution < -0.4 is 5.32 Å². The Morgan fingerprint density at radius 3 is 2.65 bits per heavy atom. The Balaban J connectivity index is 1.76. The van der Waals surface area contributed by atoms with Gasteiger partial charge in [-0.15, -0.1) is 0 Å². The Morgan fingerprint density at radius 2 is 2.00 bits per heavy atom. The average molecular weight is 272 g/mol. The number of nitrogens with zero attached hydrogens (tertiary/aromatic N) is 1. The summed E-state index contributed by atoms with van der Waals surface area (Å²) in [5.74, 6) is -0.142. The van der Waals surface area contributed by atoms with Crippen molar-refractivity contribution in [1.29, 1.82) is 5.26 Å². The van der Waals surface area contributed by atoms with Crippen LogP contribution in [0.15, 0.2) is 30.3 Å². The molecule has 4 nitrogen and oxygen atoms in total. The molecule has 1 saturated heterocycles. The van der Waals surface area contributed by atoms with E-state index >= 15 is 0 Å². The Morgan fingerprint density at radius 1 is 1.30 bits per heavy atom. The lowest BCUT2D eigenvalue weighted by atomic mass is 9.81. The summed E-state index contributed by atoms with van der Waals surface area (Å²) in [6.07, 6.45) is 2.81. The molecule has 0 radical (unpaired) electrons. The van der Waals surface area contributed by atoms with Crippen LogP contribution in [-0.4, -0.2) is 25.7 Å². The summed E-state index contributed by atoms with van der Waals surface area (Å²) in [4.78, 5) is 12.2. The van der Waals surface area contributed by atoms with E-state index in [0.29, 0.717) is 32.6 Å². The minimum atomic E-state index is -0.884. The van der Waals surface area contributed by atoms with Crippen LogP contribution in [0.25, 0.3) is 0 Å². The third-order valence-electron chi connectivity index (χ3n) is 3.77. The Kier molecular flexibility index (Phi) is 5.14. The van der Waals surface area contributed by atoms with Crippen molar-refractivity contribution >= 4 is 5.91 Å². The first-order chi connectivity index (χ1) is 9.77. The van der Waals surface area contributed by atoms with Crippen molar-refractivity contribution in [2.45, 2.75) is 25.7 Å². The summed E-state index contributed by atoms with van der Waals surface area (Å²) in [6, 6.07) is 12.4. The molecule has 1 fully saturated rings. The highest BCUT2D eigenvalue weighted by Crippen LogP contribution is 2.29. The van der Waals surface area contributed by atoms with Gasteiger partial charge in [-0.3, -0.25) is 4.79 Å². The van der Waals surface area contributed by atoms with Crippen molar-refractivity contribution in [3.63, 3.8) is 0 Å². The van der Waals surface area contributed by atoms with Crippen molar-refractivity contribution in [3.05, 3.63) is 35.9 Å². The third-order valence-corrected chi connectivity index (χ3v) is 3.77. The highest BCUT2D eigenvalue weighted by Gasteiger charge is 2.40. The quantitative estimate of drug-likeness (QED) is 0.834. The zero-order valence-electron chi connectivity index (χ0n) is 11.6. The fourth-order valence-corrected chi connectivity index (χ4v) is 2.42. The Hall–Kier alpha value is -1.86. The molecule has 20 heavy (non-hydrogen) atoms. The number of rotatable bonds is 5. The van der Waals surface area contributed by atoms with E-state index in [9.17, 15) is 10.1 Å². The molecule has 1 aromatic rings. The van der Waals surface area contributed by atoms with Crippen LogP contribution >= 0.6 is 0 Å². The van der Waals surface area contributed by atoms with Crippen LogP contribution in [0.3, 0.4) is 0 Å². The van der Waals surface area contributed by atoms with E-state index < -0.39 is 5.41 Å². The van der Waals surface area contributed by atoms with E-state index in [1.807, 2.05) is 18.2 Å². The van der Waals surface area contributed by atoms with Gasteiger partial charge in [0.2, 0.25) is 5.91 Å². The molecule has 1 heterocycles. The van der Waals surface area contributed by atoms with Gasteiger partial charge >= 0.3 is 0 Å². The van der Waals surface area contributed by atoms with Gasteiger partial charge in [0.05, 0.1) is 6.07 Å². The molecule has 1 N–H and O–H groups in total. The van der Waals surface area contributed by atoms with E-state index in [1.54, 1.807) is 0 Å². The van der Waals surface area contributed by atoms with Crippen molar-refractivity contribution in [3.8, 4) is 6.07 Å². The van der Waals surface area contributed by atoms with E-state index in [0.717, 1.165) is 12.8 Å². The number of hydrogen-bond acceptors (Lipinski definition) is 3. The summed E-state index contributed by atoms with van der Waals surface area (Å²) in [7, 11) is 0. The van der Waals surface area contributed by atoms with E-state index in [4.69, 9.17) is 4.74 Å². The largest absolute Gasteiger partial charge is 0.381 e. The van der Waals surface area contributed by atoms with Crippen molar-refractivity contribution in [2.75, 3.05) is 19.8 Å². The zero-order valence-corrected chi connectivity index (χ0v) is 11.6. The number of amides is 1. The molecule has 1 aromatic carbocycles. The minimum Gasteiger partial charge on any atom is -0.381 e. The minimum absolute atomic E-state index is 0.142. The van der Waals surface area contributed by atoms with Gasteiger partial charge in [0.15, 0.2) is 0 Å². The summed E-state index contributed by atoms with van der Waals surface area (Å²) >= 11 is 0. The van der Waals surface area contributed by atoms with Gasteiger partial charge in [-0.25, -0.2) is 0 Å². The maximum Gasteiger partial charge on any atom is 0.240 e. The van der Waals surface area contributed by atoms with Crippen LogP contribution in [0.4, 0.5) is 0 Å². The predicted molar refractivity (Wildman–Crippen MR) is 75.9 cm³/mol. The fraction of sp³-hybridized carbons (Fsp3) is 0.500. The molecular formula is C16H20N2O2. The molecule has 0 aliphatic carbocycles. The molecule has 0 aromatic heterocycles. The predicted octanol–water partition coefficient (Wildman–Crippen LogP) is 2.06. The molecule has 1 amide bonds. The first-order valence-electron chi connectivity index (χ1n) is 7.08. The van der Waals surface area contributed by atoms with Crippen LogP contribution in [0.1, 0.15) is 24.8 Å². The molecule has 106 valence electrons. The van der Waals surface area contributed by atoms with Crippen molar-refractivity contribution < 1.29 is 9.53 Å². The zero-order chi connectivity index (χ0) is 14.3. The lowest BCUT2D eigenvalue weighted by molar-refractivity contribution is -0.132. The topological polar surface area (TPSA) is 62.1 Å². The highest BCUT2D eigenvalue weighted by molar-refractivity contribution is 5.85. The molecule has 4 heteroatoms. The second-order valence-electron chi connectivity index (χ2n) is 5.15. The fourth-order valence-electron chi connectivity index (χ4n) is 2.42. The number of benzene rings is 1. The number of carbonyl (C=O) groups excluding carboxylic acids is 1. The summed E-state index contributed by atoms with van der Waals surface area (Å²) in [6.45, 7) is 1.59. The molecule has 2 rings (SSSR count). The monoisotopic (exact) mass is 272 g/mol. The number of carbonyl (C=O) groups is 1. The van der Waals surface area contributed by atoms with Gasteiger partial charge in [0.25, 0.3) is 0 Å². The molecule has 0 saturated carbocycles. The second kappa shape index (κ2) is 7.06.